The minimum atomic E-state index is -3.73. The Morgan fingerprint density at radius 3 is 2.46 bits per heavy atom. The predicted octanol–water partition coefficient (Wildman–Crippen LogP) is 2.40. The van der Waals surface area contributed by atoms with Gasteiger partial charge in [-0.25, -0.2) is 8.42 Å². The molecule has 132 valence electrons. The molecule has 0 amide bonds. The normalized spacial score (nSPS) is 20.2. The molecule has 1 aromatic carbocycles. The molecule has 1 aliphatic carbocycles. The van der Waals surface area contributed by atoms with E-state index in [2.05, 4.69) is 5.32 Å². The topological polar surface area (TPSA) is 92.5 Å². The highest BCUT2D eigenvalue weighted by Gasteiger charge is 2.32. The first-order valence-electron chi connectivity index (χ1n) is 8.05. The van der Waals surface area contributed by atoms with Crippen molar-refractivity contribution in [3.05, 3.63) is 33.3 Å². The fraction of sp³-hybridized carbons (Fsp3) is 0.600. The van der Waals surface area contributed by atoms with Crippen molar-refractivity contribution in [3.63, 3.8) is 0 Å². The van der Waals surface area contributed by atoms with Gasteiger partial charge < -0.3 is 5.32 Å². The summed E-state index contributed by atoms with van der Waals surface area (Å²) in [7, 11) is -3.73. The molecule has 2 fully saturated rings. The minimum absolute atomic E-state index is 0.0702. The Hall–Kier alpha value is -1.22. The first kappa shape index (κ1) is 17.6. The van der Waals surface area contributed by atoms with E-state index in [1.165, 1.54) is 29.3 Å². The van der Waals surface area contributed by atoms with E-state index in [4.69, 9.17) is 11.6 Å². The maximum absolute atomic E-state index is 12.7. The van der Waals surface area contributed by atoms with Gasteiger partial charge in [-0.2, -0.15) is 4.31 Å². The summed E-state index contributed by atoms with van der Waals surface area (Å²) in [6, 6.07) is 3.82. The Labute approximate surface area is 146 Å². The van der Waals surface area contributed by atoms with Crippen molar-refractivity contribution >= 4 is 27.3 Å². The zero-order chi connectivity index (χ0) is 17.3. The molecule has 0 spiro atoms. The largest absolute Gasteiger partial charge is 0.314 e. The van der Waals surface area contributed by atoms with Crippen molar-refractivity contribution in [1.29, 1.82) is 0 Å². The number of non-ortho nitro benzene ring substituents is 1. The zero-order valence-corrected chi connectivity index (χ0v) is 14.7. The fourth-order valence-corrected chi connectivity index (χ4v) is 4.89. The van der Waals surface area contributed by atoms with Crippen molar-refractivity contribution < 1.29 is 13.3 Å². The zero-order valence-electron chi connectivity index (χ0n) is 13.2. The van der Waals surface area contributed by atoms with Crippen LogP contribution in [-0.2, 0) is 10.0 Å². The van der Waals surface area contributed by atoms with Crippen molar-refractivity contribution in [2.75, 3.05) is 19.6 Å². The molecule has 1 saturated heterocycles. The van der Waals surface area contributed by atoms with E-state index in [9.17, 15) is 18.5 Å². The van der Waals surface area contributed by atoms with Crippen LogP contribution in [0.25, 0.3) is 0 Å². The number of hydrogen-bond donors (Lipinski definition) is 1. The molecule has 1 N–H and O–H groups in total. The van der Waals surface area contributed by atoms with E-state index in [1.807, 2.05) is 0 Å². The lowest BCUT2D eigenvalue weighted by Crippen LogP contribution is -2.45. The maximum atomic E-state index is 12.7. The highest BCUT2D eigenvalue weighted by Crippen LogP contribution is 2.31. The molecular formula is C15H20ClN3O4S. The van der Waals surface area contributed by atoms with Gasteiger partial charge in [0, 0.05) is 31.3 Å². The number of nitro groups is 1. The molecule has 3 rings (SSSR count). The number of halogens is 1. The molecule has 0 aromatic heterocycles. The Kier molecular flexibility index (Phi) is 5.10. The lowest BCUT2D eigenvalue weighted by atomic mass is 10.1. The van der Waals surface area contributed by atoms with Crippen LogP contribution in [0, 0.1) is 16.0 Å². The number of nitrogens with zero attached hydrogens (tertiary/aromatic N) is 2. The van der Waals surface area contributed by atoms with Crippen LogP contribution in [-0.4, -0.2) is 43.3 Å². The van der Waals surface area contributed by atoms with Crippen molar-refractivity contribution in [1.82, 2.24) is 9.62 Å². The number of nitro benzene ring substituents is 1. The van der Waals surface area contributed by atoms with Crippen LogP contribution in [0.5, 0.6) is 0 Å². The molecule has 7 nitrogen and oxygen atoms in total. The quantitative estimate of drug-likeness (QED) is 0.610. The molecule has 24 heavy (non-hydrogen) atoms. The summed E-state index contributed by atoms with van der Waals surface area (Å²) in [5.41, 5.74) is -0.220. The third kappa shape index (κ3) is 3.88. The fourth-order valence-electron chi connectivity index (χ4n) is 2.91. The van der Waals surface area contributed by atoms with E-state index in [0.717, 1.165) is 31.4 Å². The van der Waals surface area contributed by atoms with Crippen LogP contribution in [0.15, 0.2) is 23.1 Å². The smallest absolute Gasteiger partial charge is 0.271 e. The van der Waals surface area contributed by atoms with E-state index in [-0.39, 0.29) is 15.6 Å². The third-order valence-electron chi connectivity index (χ3n) is 4.59. The van der Waals surface area contributed by atoms with Crippen LogP contribution in [0.4, 0.5) is 5.69 Å². The number of piperidine rings is 1. The summed E-state index contributed by atoms with van der Waals surface area (Å²) >= 11 is 5.97. The minimum Gasteiger partial charge on any atom is -0.314 e. The Bertz CT molecular complexity index is 728. The molecule has 0 unspecified atom stereocenters. The SMILES string of the molecule is O=[N+]([O-])c1ccc(S(=O)(=O)N2CCC(NCC3CC3)CC2)c(Cl)c1. The van der Waals surface area contributed by atoms with E-state index in [1.54, 1.807) is 0 Å². The van der Waals surface area contributed by atoms with Crippen molar-refractivity contribution in [2.45, 2.75) is 36.6 Å². The Morgan fingerprint density at radius 1 is 1.25 bits per heavy atom. The molecule has 1 heterocycles. The lowest BCUT2D eigenvalue weighted by Gasteiger charge is -2.32. The molecule has 9 heteroatoms. The van der Waals surface area contributed by atoms with Gasteiger partial charge in [-0.15, -0.1) is 0 Å². The number of benzene rings is 1. The van der Waals surface area contributed by atoms with E-state index < -0.39 is 14.9 Å². The molecular weight excluding hydrogens is 354 g/mol. The third-order valence-corrected chi connectivity index (χ3v) is 6.97. The summed E-state index contributed by atoms with van der Waals surface area (Å²) < 4.78 is 26.9. The molecule has 0 radical (unpaired) electrons. The van der Waals surface area contributed by atoms with Crippen LogP contribution >= 0.6 is 11.6 Å². The van der Waals surface area contributed by atoms with Gasteiger partial charge in [0.25, 0.3) is 5.69 Å². The molecule has 1 aliphatic heterocycles. The van der Waals surface area contributed by atoms with Gasteiger partial charge in [0.1, 0.15) is 4.90 Å². The molecule has 2 aliphatic rings. The number of hydrogen-bond acceptors (Lipinski definition) is 5. The van der Waals surface area contributed by atoms with Gasteiger partial charge in [-0.05, 0) is 44.2 Å². The first-order valence-corrected chi connectivity index (χ1v) is 9.87. The van der Waals surface area contributed by atoms with Gasteiger partial charge in [0.05, 0.1) is 9.95 Å². The van der Waals surface area contributed by atoms with E-state index >= 15 is 0 Å². The van der Waals surface area contributed by atoms with Crippen LogP contribution in [0.3, 0.4) is 0 Å². The molecule has 0 bridgehead atoms. The van der Waals surface area contributed by atoms with Gasteiger partial charge in [-0.3, -0.25) is 10.1 Å². The van der Waals surface area contributed by atoms with Crippen LogP contribution in [0.2, 0.25) is 5.02 Å². The number of rotatable bonds is 6. The second kappa shape index (κ2) is 6.95. The molecule has 1 saturated carbocycles. The first-order chi connectivity index (χ1) is 11.4. The summed E-state index contributed by atoms with van der Waals surface area (Å²) in [5.74, 6) is 0.797. The number of sulfonamides is 1. The van der Waals surface area contributed by atoms with Gasteiger partial charge >= 0.3 is 0 Å². The van der Waals surface area contributed by atoms with Gasteiger partial charge in [-0.1, -0.05) is 11.6 Å². The second-order valence-electron chi connectivity index (χ2n) is 6.40. The van der Waals surface area contributed by atoms with Gasteiger partial charge in [0.15, 0.2) is 0 Å². The second-order valence-corrected chi connectivity index (χ2v) is 8.72. The average Bonchev–Trinajstić information content (AvgIpc) is 3.37. The monoisotopic (exact) mass is 373 g/mol. The molecule has 1 aromatic rings. The standard InChI is InChI=1S/C15H20ClN3O4S/c16-14-9-13(19(20)21)3-4-15(14)24(22,23)18-7-5-12(6-8-18)17-10-11-1-2-11/h3-4,9,11-12,17H,1-2,5-8,10H2. The summed E-state index contributed by atoms with van der Waals surface area (Å²) in [4.78, 5) is 10.1. The van der Waals surface area contributed by atoms with Crippen LogP contribution in [0.1, 0.15) is 25.7 Å². The lowest BCUT2D eigenvalue weighted by molar-refractivity contribution is -0.384. The predicted molar refractivity (Wildman–Crippen MR) is 90.6 cm³/mol. The highest BCUT2D eigenvalue weighted by molar-refractivity contribution is 7.89. The van der Waals surface area contributed by atoms with Crippen LogP contribution < -0.4 is 5.32 Å². The Balaban J connectivity index is 1.66. The molecule has 0 atom stereocenters. The van der Waals surface area contributed by atoms with Gasteiger partial charge in [0.2, 0.25) is 10.0 Å². The Morgan fingerprint density at radius 2 is 1.92 bits per heavy atom. The average molecular weight is 374 g/mol. The number of nitrogens with one attached hydrogen (secondary N) is 1. The summed E-state index contributed by atoms with van der Waals surface area (Å²) in [6.07, 6.45) is 4.10. The van der Waals surface area contributed by atoms with E-state index in [0.29, 0.717) is 19.1 Å². The highest BCUT2D eigenvalue weighted by atomic mass is 35.5. The van der Waals surface area contributed by atoms with Crippen molar-refractivity contribution in [3.8, 4) is 0 Å². The van der Waals surface area contributed by atoms with Crippen molar-refractivity contribution in [2.24, 2.45) is 5.92 Å². The summed E-state index contributed by atoms with van der Waals surface area (Å²) in [5, 5.41) is 14.1. The maximum Gasteiger partial charge on any atom is 0.271 e. The summed E-state index contributed by atoms with van der Waals surface area (Å²) in [6.45, 7) is 1.88.